The average Bonchev–Trinajstić information content (AvgIpc) is 2.48. The van der Waals surface area contributed by atoms with Gasteiger partial charge < -0.3 is 14.6 Å². The number of rotatable bonds is 8. The lowest BCUT2D eigenvalue weighted by molar-refractivity contribution is 0.105. The van der Waals surface area contributed by atoms with Crippen molar-refractivity contribution in [3.05, 3.63) is 29.8 Å². The minimum atomic E-state index is 0.0924. The van der Waals surface area contributed by atoms with Crippen molar-refractivity contribution >= 4 is 0 Å². The van der Waals surface area contributed by atoms with Crippen molar-refractivity contribution < 1.29 is 14.6 Å². The first kappa shape index (κ1) is 17.5. The molecule has 21 heavy (non-hydrogen) atoms. The molecule has 0 aliphatic heterocycles. The normalized spacial score (nSPS) is 11.9. The molecule has 0 aliphatic rings. The molecular formula is C17H25NO3. The standard InChI is InChI=1S/C17H25NO3/c1-15(14-20-3)18(2)10-12-21-17-9-6-8-16(13-17)7-4-5-11-19/h6,8-9,13,15,19H,5,10-12,14H2,1-3H3. The summed E-state index contributed by atoms with van der Waals surface area (Å²) in [6.45, 7) is 4.39. The van der Waals surface area contributed by atoms with E-state index >= 15 is 0 Å². The summed E-state index contributed by atoms with van der Waals surface area (Å²) in [5.41, 5.74) is 0.905. The molecule has 4 heteroatoms. The lowest BCUT2D eigenvalue weighted by Crippen LogP contribution is -2.35. The van der Waals surface area contributed by atoms with Gasteiger partial charge in [0.15, 0.2) is 0 Å². The van der Waals surface area contributed by atoms with Gasteiger partial charge in [0.1, 0.15) is 12.4 Å². The van der Waals surface area contributed by atoms with Crippen molar-refractivity contribution in [1.82, 2.24) is 4.90 Å². The first-order valence-electron chi connectivity index (χ1n) is 7.19. The van der Waals surface area contributed by atoms with Crippen LogP contribution >= 0.6 is 0 Å². The first-order chi connectivity index (χ1) is 10.2. The van der Waals surface area contributed by atoms with Gasteiger partial charge in [0.2, 0.25) is 0 Å². The molecule has 0 fully saturated rings. The molecule has 0 bridgehead atoms. The molecule has 116 valence electrons. The molecule has 1 atom stereocenters. The lowest BCUT2D eigenvalue weighted by Gasteiger charge is -2.23. The maximum atomic E-state index is 8.71. The fourth-order valence-electron chi connectivity index (χ4n) is 1.78. The molecule has 0 radical (unpaired) electrons. The van der Waals surface area contributed by atoms with E-state index in [-0.39, 0.29) is 6.61 Å². The Labute approximate surface area is 127 Å². The van der Waals surface area contributed by atoms with E-state index in [2.05, 4.69) is 30.7 Å². The lowest BCUT2D eigenvalue weighted by atomic mass is 10.2. The summed E-state index contributed by atoms with van der Waals surface area (Å²) in [6.07, 6.45) is 0.493. The second-order valence-corrected chi connectivity index (χ2v) is 4.94. The van der Waals surface area contributed by atoms with E-state index < -0.39 is 0 Å². The van der Waals surface area contributed by atoms with Crippen molar-refractivity contribution in [3.63, 3.8) is 0 Å². The van der Waals surface area contributed by atoms with Crippen LogP contribution in [0.2, 0.25) is 0 Å². The smallest absolute Gasteiger partial charge is 0.120 e. The van der Waals surface area contributed by atoms with Crippen molar-refractivity contribution in [1.29, 1.82) is 0 Å². The summed E-state index contributed by atoms with van der Waals surface area (Å²) in [5.74, 6) is 6.73. The number of methoxy groups -OCH3 is 1. The summed E-state index contributed by atoms with van der Waals surface area (Å²) in [6, 6.07) is 8.08. The van der Waals surface area contributed by atoms with E-state index in [9.17, 15) is 0 Å². The van der Waals surface area contributed by atoms with Gasteiger partial charge in [-0.3, -0.25) is 4.90 Å². The highest BCUT2D eigenvalue weighted by Gasteiger charge is 2.08. The van der Waals surface area contributed by atoms with Crippen molar-refractivity contribution in [3.8, 4) is 17.6 Å². The van der Waals surface area contributed by atoms with Gasteiger partial charge in [0, 0.05) is 31.7 Å². The predicted molar refractivity (Wildman–Crippen MR) is 84.5 cm³/mol. The van der Waals surface area contributed by atoms with Crippen LogP contribution in [-0.2, 0) is 4.74 Å². The van der Waals surface area contributed by atoms with E-state index in [4.69, 9.17) is 14.6 Å². The Balaban J connectivity index is 2.42. The molecule has 0 heterocycles. The van der Waals surface area contributed by atoms with Gasteiger partial charge in [-0.1, -0.05) is 17.9 Å². The van der Waals surface area contributed by atoms with Crippen LogP contribution in [0.15, 0.2) is 24.3 Å². The molecule has 4 nitrogen and oxygen atoms in total. The number of ether oxygens (including phenoxy) is 2. The Bertz CT molecular complexity index is 465. The monoisotopic (exact) mass is 291 g/mol. The van der Waals surface area contributed by atoms with E-state index in [1.807, 2.05) is 24.3 Å². The maximum Gasteiger partial charge on any atom is 0.120 e. The fourth-order valence-corrected chi connectivity index (χ4v) is 1.78. The molecule has 1 unspecified atom stereocenters. The summed E-state index contributed by atoms with van der Waals surface area (Å²) in [5, 5.41) is 8.71. The molecule has 0 aromatic heterocycles. The second kappa shape index (κ2) is 10.2. The molecule has 1 aromatic rings. The first-order valence-corrected chi connectivity index (χ1v) is 7.19. The third kappa shape index (κ3) is 7.14. The maximum absolute atomic E-state index is 8.71. The number of hydrogen-bond donors (Lipinski definition) is 1. The summed E-state index contributed by atoms with van der Waals surface area (Å²) in [7, 11) is 3.77. The highest BCUT2D eigenvalue weighted by atomic mass is 16.5. The second-order valence-electron chi connectivity index (χ2n) is 4.94. The summed E-state index contributed by atoms with van der Waals surface area (Å²) in [4.78, 5) is 2.20. The Morgan fingerprint density at radius 2 is 2.19 bits per heavy atom. The van der Waals surface area contributed by atoms with Gasteiger partial charge in [0.25, 0.3) is 0 Å². The number of nitrogens with zero attached hydrogens (tertiary/aromatic N) is 1. The van der Waals surface area contributed by atoms with Crippen LogP contribution in [-0.4, -0.2) is 56.6 Å². The van der Waals surface area contributed by atoms with Gasteiger partial charge in [-0.25, -0.2) is 0 Å². The van der Waals surface area contributed by atoms with Crippen molar-refractivity contribution in [2.24, 2.45) is 0 Å². The fraction of sp³-hybridized carbons (Fsp3) is 0.529. The molecule has 0 amide bonds. The van der Waals surface area contributed by atoms with E-state index in [0.717, 1.165) is 17.9 Å². The van der Waals surface area contributed by atoms with Crippen LogP contribution in [0.3, 0.4) is 0 Å². The van der Waals surface area contributed by atoms with Crippen LogP contribution in [0.25, 0.3) is 0 Å². The van der Waals surface area contributed by atoms with Gasteiger partial charge in [-0.05, 0) is 32.2 Å². The Hall–Kier alpha value is -1.54. The number of benzene rings is 1. The predicted octanol–water partition coefficient (Wildman–Crippen LogP) is 1.77. The number of hydrogen-bond acceptors (Lipinski definition) is 4. The zero-order valence-corrected chi connectivity index (χ0v) is 13.1. The van der Waals surface area contributed by atoms with Crippen LogP contribution in [0, 0.1) is 11.8 Å². The highest BCUT2D eigenvalue weighted by Crippen LogP contribution is 2.12. The van der Waals surface area contributed by atoms with Gasteiger partial charge in [-0.15, -0.1) is 0 Å². The number of aliphatic hydroxyl groups excluding tert-OH is 1. The number of likely N-dealkylation sites (N-methyl/N-ethyl adjacent to an activating group) is 1. The Morgan fingerprint density at radius 3 is 2.90 bits per heavy atom. The quantitative estimate of drug-likeness (QED) is 0.741. The van der Waals surface area contributed by atoms with Crippen LogP contribution in [0.5, 0.6) is 5.75 Å². The Morgan fingerprint density at radius 1 is 1.38 bits per heavy atom. The zero-order valence-electron chi connectivity index (χ0n) is 13.1. The average molecular weight is 291 g/mol. The van der Waals surface area contributed by atoms with Crippen LogP contribution < -0.4 is 4.74 Å². The topological polar surface area (TPSA) is 41.9 Å². The third-order valence-corrected chi connectivity index (χ3v) is 3.18. The van der Waals surface area contributed by atoms with Gasteiger partial charge in [-0.2, -0.15) is 0 Å². The molecule has 0 saturated heterocycles. The van der Waals surface area contributed by atoms with E-state index in [1.165, 1.54) is 0 Å². The molecular weight excluding hydrogens is 266 g/mol. The molecule has 0 spiro atoms. The third-order valence-electron chi connectivity index (χ3n) is 3.18. The largest absolute Gasteiger partial charge is 0.492 e. The summed E-state index contributed by atoms with van der Waals surface area (Å²) < 4.78 is 10.9. The molecule has 1 N–H and O–H groups in total. The number of aliphatic hydroxyl groups is 1. The molecule has 1 rings (SSSR count). The Kier molecular flexibility index (Phi) is 8.53. The van der Waals surface area contributed by atoms with Crippen LogP contribution in [0.1, 0.15) is 18.9 Å². The zero-order chi connectivity index (χ0) is 15.5. The van der Waals surface area contributed by atoms with E-state index in [0.29, 0.717) is 25.7 Å². The van der Waals surface area contributed by atoms with Crippen LogP contribution in [0.4, 0.5) is 0 Å². The SMILES string of the molecule is COCC(C)N(C)CCOc1cccc(C#CCCO)c1. The van der Waals surface area contributed by atoms with Gasteiger partial charge >= 0.3 is 0 Å². The minimum Gasteiger partial charge on any atom is -0.492 e. The minimum absolute atomic E-state index is 0.0924. The summed E-state index contributed by atoms with van der Waals surface area (Å²) >= 11 is 0. The molecule has 0 aliphatic carbocycles. The van der Waals surface area contributed by atoms with Gasteiger partial charge in [0.05, 0.1) is 13.2 Å². The molecule has 0 saturated carbocycles. The molecule has 1 aromatic carbocycles. The van der Waals surface area contributed by atoms with Crippen molar-refractivity contribution in [2.45, 2.75) is 19.4 Å². The van der Waals surface area contributed by atoms with E-state index in [1.54, 1.807) is 7.11 Å². The van der Waals surface area contributed by atoms with Crippen molar-refractivity contribution in [2.75, 3.05) is 40.5 Å². The highest BCUT2D eigenvalue weighted by molar-refractivity contribution is 5.39.